The minimum atomic E-state index is -0.456. The first-order chi connectivity index (χ1) is 14.2. The Morgan fingerprint density at radius 2 is 1.93 bits per heavy atom. The van der Waals surface area contributed by atoms with E-state index in [1.54, 1.807) is 0 Å². The SMILES string of the molecule is CC(C)(C)OC(=O)NC1CC=C(CCN2CCN(c3cccc(Cl)c3Cl)CC2)CC1. The van der Waals surface area contributed by atoms with E-state index in [1.807, 2.05) is 39.0 Å². The van der Waals surface area contributed by atoms with Crippen molar-refractivity contribution in [3.8, 4) is 0 Å². The monoisotopic (exact) mass is 453 g/mol. The maximum absolute atomic E-state index is 11.9. The van der Waals surface area contributed by atoms with E-state index in [1.165, 1.54) is 5.57 Å². The fourth-order valence-electron chi connectivity index (χ4n) is 3.97. The zero-order valence-corrected chi connectivity index (χ0v) is 19.7. The minimum absolute atomic E-state index is 0.176. The summed E-state index contributed by atoms with van der Waals surface area (Å²) in [6.45, 7) is 10.7. The lowest BCUT2D eigenvalue weighted by Crippen LogP contribution is -2.46. The van der Waals surface area contributed by atoms with E-state index in [-0.39, 0.29) is 12.1 Å². The van der Waals surface area contributed by atoms with Crippen LogP contribution in [0.2, 0.25) is 10.0 Å². The number of ether oxygens (including phenoxy) is 1. The van der Waals surface area contributed by atoms with Gasteiger partial charge in [0.25, 0.3) is 0 Å². The van der Waals surface area contributed by atoms with Crippen LogP contribution in [0.5, 0.6) is 0 Å². The Labute approximate surface area is 190 Å². The Bertz CT molecular complexity index is 768. The molecular formula is C23H33Cl2N3O2. The molecular weight excluding hydrogens is 421 g/mol. The topological polar surface area (TPSA) is 44.8 Å². The maximum Gasteiger partial charge on any atom is 0.407 e. The summed E-state index contributed by atoms with van der Waals surface area (Å²) in [5.41, 5.74) is 2.07. The highest BCUT2D eigenvalue weighted by Gasteiger charge is 2.23. The fourth-order valence-corrected chi connectivity index (χ4v) is 4.39. The number of nitrogens with one attached hydrogen (secondary N) is 1. The van der Waals surface area contributed by atoms with Gasteiger partial charge in [0.05, 0.1) is 15.7 Å². The van der Waals surface area contributed by atoms with Crippen molar-refractivity contribution >= 4 is 35.0 Å². The second-order valence-corrected chi connectivity index (χ2v) is 9.92. The second-order valence-electron chi connectivity index (χ2n) is 9.13. The molecule has 2 aliphatic rings. The van der Waals surface area contributed by atoms with Crippen LogP contribution >= 0.6 is 23.2 Å². The number of hydrogen-bond donors (Lipinski definition) is 1. The van der Waals surface area contributed by atoms with Gasteiger partial charge in [-0.15, -0.1) is 0 Å². The van der Waals surface area contributed by atoms with Crippen LogP contribution in [0.4, 0.5) is 10.5 Å². The van der Waals surface area contributed by atoms with Gasteiger partial charge >= 0.3 is 6.09 Å². The average Bonchev–Trinajstić information content (AvgIpc) is 2.69. The van der Waals surface area contributed by atoms with Gasteiger partial charge in [-0.1, -0.05) is 40.9 Å². The van der Waals surface area contributed by atoms with Crippen LogP contribution in [0.3, 0.4) is 0 Å². The third kappa shape index (κ3) is 6.79. The molecule has 3 rings (SSSR count). The van der Waals surface area contributed by atoms with E-state index in [4.69, 9.17) is 27.9 Å². The number of anilines is 1. The molecule has 5 nitrogen and oxygen atoms in total. The van der Waals surface area contributed by atoms with Crippen LogP contribution in [0.1, 0.15) is 46.5 Å². The number of alkyl carbamates (subject to hydrolysis) is 1. The molecule has 1 aromatic carbocycles. The quantitative estimate of drug-likeness (QED) is 0.596. The number of amides is 1. The molecule has 166 valence electrons. The Morgan fingerprint density at radius 3 is 2.57 bits per heavy atom. The minimum Gasteiger partial charge on any atom is -0.444 e. The molecule has 30 heavy (non-hydrogen) atoms. The van der Waals surface area contributed by atoms with Gasteiger partial charge in [-0.05, 0) is 58.6 Å². The predicted molar refractivity (Wildman–Crippen MR) is 125 cm³/mol. The molecule has 1 saturated heterocycles. The molecule has 0 bridgehead atoms. The molecule has 1 aromatic rings. The molecule has 1 unspecified atom stereocenters. The standard InChI is InChI=1S/C23H33Cl2N3O2/c1-23(2,3)30-22(29)26-18-9-7-17(8-10-18)11-12-27-13-15-28(16-14-27)20-6-4-5-19(24)21(20)25/h4-7,18H,8-16H2,1-3H3,(H,26,29). The molecule has 1 aliphatic carbocycles. The van der Waals surface area contributed by atoms with Crippen molar-refractivity contribution < 1.29 is 9.53 Å². The van der Waals surface area contributed by atoms with Gasteiger partial charge in [0, 0.05) is 38.8 Å². The van der Waals surface area contributed by atoms with E-state index < -0.39 is 5.60 Å². The second kappa shape index (κ2) is 10.3. The number of hydrogen-bond acceptors (Lipinski definition) is 4. The van der Waals surface area contributed by atoms with E-state index in [2.05, 4.69) is 21.2 Å². The summed E-state index contributed by atoms with van der Waals surface area (Å²) >= 11 is 12.5. The van der Waals surface area contributed by atoms with Gasteiger partial charge in [0.1, 0.15) is 5.60 Å². The molecule has 1 amide bonds. The van der Waals surface area contributed by atoms with Gasteiger partial charge in [-0.3, -0.25) is 4.90 Å². The Hall–Kier alpha value is -1.43. The summed E-state index contributed by atoms with van der Waals surface area (Å²) in [5, 5.41) is 4.25. The average molecular weight is 454 g/mol. The number of benzene rings is 1. The molecule has 1 aliphatic heterocycles. The highest BCUT2D eigenvalue weighted by Crippen LogP contribution is 2.33. The maximum atomic E-state index is 11.9. The lowest BCUT2D eigenvalue weighted by molar-refractivity contribution is 0.0501. The summed E-state index contributed by atoms with van der Waals surface area (Å²) in [6, 6.07) is 6.00. The first-order valence-electron chi connectivity index (χ1n) is 10.8. The number of rotatable bonds is 5. The van der Waals surface area contributed by atoms with Crippen molar-refractivity contribution in [1.82, 2.24) is 10.2 Å². The van der Waals surface area contributed by atoms with Gasteiger partial charge < -0.3 is 15.0 Å². The van der Waals surface area contributed by atoms with Crippen molar-refractivity contribution in [2.45, 2.75) is 58.1 Å². The van der Waals surface area contributed by atoms with Crippen LogP contribution in [0.15, 0.2) is 29.8 Å². The lowest BCUT2D eigenvalue weighted by Gasteiger charge is -2.37. The summed E-state index contributed by atoms with van der Waals surface area (Å²) in [6.07, 6.45) is 5.98. The number of nitrogens with zero attached hydrogens (tertiary/aromatic N) is 2. The van der Waals surface area contributed by atoms with Crippen molar-refractivity contribution in [3.05, 3.63) is 39.9 Å². The largest absolute Gasteiger partial charge is 0.444 e. The van der Waals surface area contributed by atoms with E-state index >= 15 is 0 Å². The van der Waals surface area contributed by atoms with Crippen molar-refractivity contribution in [2.75, 3.05) is 37.6 Å². The third-order valence-electron chi connectivity index (χ3n) is 5.62. The summed E-state index contributed by atoms with van der Waals surface area (Å²) in [5.74, 6) is 0. The predicted octanol–water partition coefficient (Wildman–Crippen LogP) is 5.51. The molecule has 7 heteroatoms. The van der Waals surface area contributed by atoms with Crippen molar-refractivity contribution in [2.24, 2.45) is 0 Å². The lowest BCUT2D eigenvalue weighted by atomic mass is 9.93. The molecule has 1 atom stereocenters. The smallest absolute Gasteiger partial charge is 0.407 e. The highest BCUT2D eigenvalue weighted by molar-refractivity contribution is 6.43. The Balaban J connectivity index is 1.38. The van der Waals surface area contributed by atoms with Gasteiger partial charge in [0.15, 0.2) is 0 Å². The van der Waals surface area contributed by atoms with Crippen LogP contribution in [0.25, 0.3) is 0 Å². The first-order valence-corrected chi connectivity index (χ1v) is 11.6. The van der Waals surface area contributed by atoms with E-state index in [9.17, 15) is 4.79 Å². The third-order valence-corrected chi connectivity index (χ3v) is 6.43. The molecule has 0 aromatic heterocycles. The zero-order chi connectivity index (χ0) is 21.7. The van der Waals surface area contributed by atoms with Gasteiger partial charge in [-0.25, -0.2) is 4.79 Å². The van der Waals surface area contributed by atoms with Crippen molar-refractivity contribution in [3.63, 3.8) is 0 Å². The summed E-state index contributed by atoms with van der Waals surface area (Å²) in [4.78, 5) is 16.8. The molecule has 1 heterocycles. The summed E-state index contributed by atoms with van der Waals surface area (Å²) < 4.78 is 5.35. The highest BCUT2D eigenvalue weighted by atomic mass is 35.5. The van der Waals surface area contributed by atoms with Crippen LogP contribution < -0.4 is 10.2 Å². The van der Waals surface area contributed by atoms with Gasteiger partial charge in [0.2, 0.25) is 0 Å². The number of carbonyl (C=O) groups excluding carboxylic acids is 1. The van der Waals surface area contributed by atoms with Gasteiger partial charge in [-0.2, -0.15) is 0 Å². The molecule has 0 saturated carbocycles. The van der Waals surface area contributed by atoms with E-state index in [0.29, 0.717) is 10.0 Å². The van der Waals surface area contributed by atoms with Crippen molar-refractivity contribution in [1.29, 1.82) is 0 Å². The zero-order valence-electron chi connectivity index (χ0n) is 18.2. The van der Waals surface area contributed by atoms with Crippen LogP contribution in [-0.4, -0.2) is 55.4 Å². The fraction of sp³-hybridized carbons (Fsp3) is 0.609. The normalized spacial score (nSPS) is 20.6. The first kappa shape index (κ1) is 23.2. The van der Waals surface area contributed by atoms with Crippen LogP contribution in [-0.2, 0) is 4.74 Å². The number of piperazine rings is 1. The Kier molecular flexibility index (Phi) is 7.94. The molecule has 1 fully saturated rings. The number of carbonyl (C=O) groups is 1. The molecule has 0 radical (unpaired) electrons. The summed E-state index contributed by atoms with van der Waals surface area (Å²) in [7, 11) is 0. The van der Waals surface area contributed by atoms with Crippen LogP contribution in [0, 0.1) is 0 Å². The molecule has 1 N–H and O–H groups in total. The molecule has 0 spiro atoms. The number of halogens is 2. The van der Waals surface area contributed by atoms with E-state index in [0.717, 1.165) is 64.1 Å². The Morgan fingerprint density at radius 1 is 1.20 bits per heavy atom.